The third-order valence-corrected chi connectivity index (χ3v) is 2.74. The first-order chi connectivity index (χ1) is 9.11. The van der Waals surface area contributed by atoms with Crippen LogP contribution in [0.25, 0.3) is 0 Å². The second-order valence-corrected chi connectivity index (χ2v) is 3.97. The van der Waals surface area contributed by atoms with Gasteiger partial charge in [-0.3, -0.25) is 15.2 Å². The van der Waals surface area contributed by atoms with Gasteiger partial charge in [0.25, 0.3) is 5.69 Å². The summed E-state index contributed by atoms with van der Waals surface area (Å²) < 4.78 is 0. The number of hydrogen-bond acceptors (Lipinski definition) is 5. The molecule has 1 aromatic heterocycles. The van der Waals surface area contributed by atoms with Crippen LogP contribution in [0.3, 0.4) is 0 Å². The van der Waals surface area contributed by atoms with Gasteiger partial charge in [-0.25, -0.2) is 0 Å². The molecule has 0 fully saturated rings. The van der Waals surface area contributed by atoms with E-state index in [1.165, 1.54) is 18.2 Å². The normalized spacial score (nSPS) is 9.89. The van der Waals surface area contributed by atoms with Crippen molar-refractivity contribution in [1.29, 1.82) is 5.26 Å². The van der Waals surface area contributed by atoms with E-state index in [4.69, 9.17) is 5.26 Å². The summed E-state index contributed by atoms with van der Waals surface area (Å²) >= 11 is 0. The van der Waals surface area contributed by atoms with Gasteiger partial charge in [-0.2, -0.15) is 10.4 Å². The van der Waals surface area contributed by atoms with Crippen molar-refractivity contribution in [3.8, 4) is 6.07 Å². The van der Waals surface area contributed by atoms with E-state index in [1.54, 1.807) is 6.20 Å². The number of nitrogens with zero attached hydrogens (tertiary/aromatic N) is 3. The van der Waals surface area contributed by atoms with Gasteiger partial charge in [-0.05, 0) is 13.0 Å². The smallest absolute Gasteiger partial charge is 0.270 e. The van der Waals surface area contributed by atoms with E-state index >= 15 is 0 Å². The van der Waals surface area contributed by atoms with Crippen LogP contribution >= 0.6 is 0 Å². The summed E-state index contributed by atoms with van der Waals surface area (Å²) in [5.74, 6) is 0. The number of hydrogen-bond donors (Lipinski definition) is 2. The minimum absolute atomic E-state index is 0.0957. The predicted octanol–water partition coefficient (Wildman–Crippen LogP) is 2.11. The van der Waals surface area contributed by atoms with Crippen LogP contribution in [-0.4, -0.2) is 15.1 Å². The molecule has 0 saturated carbocycles. The van der Waals surface area contributed by atoms with Crippen molar-refractivity contribution in [3.05, 3.63) is 51.3 Å². The van der Waals surface area contributed by atoms with Crippen LogP contribution in [0.4, 0.5) is 11.4 Å². The van der Waals surface area contributed by atoms with Crippen molar-refractivity contribution in [2.45, 2.75) is 13.5 Å². The number of benzene rings is 1. The minimum atomic E-state index is -0.523. The molecular formula is C12H11N5O2. The van der Waals surface area contributed by atoms with Gasteiger partial charge in [0, 0.05) is 29.9 Å². The highest BCUT2D eigenvalue weighted by Gasteiger charge is 2.10. The van der Waals surface area contributed by atoms with Crippen LogP contribution in [0, 0.1) is 28.4 Å². The maximum Gasteiger partial charge on any atom is 0.270 e. The van der Waals surface area contributed by atoms with E-state index in [0.717, 1.165) is 11.3 Å². The van der Waals surface area contributed by atoms with Gasteiger partial charge in [0.05, 0.1) is 22.4 Å². The lowest BCUT2D eigenvalue weighted by Crippen LogP contribution is -2.02. The molecular weight excluding hydrogens is 246 g/mol. The summed E-state index contributed by atoms with van der Waals surface area (Å²) in [6.45, 7) is 2.39. The van der Waals surface area contributed by atoms with Gasteiger partial charge in [0.1, 0.15) is 6.07 Å². The lowest BCUT2D eigenvalue weighted by atomic mass is 10.1. The maximum absolute atomic E-state index is 10.6. The predicted molar refractivity (Wildman–Crippen MR) is 68.5 cm³/mol. The summed E-state index contributed by atoms with van der Waals surface area (Å²) in [7, 11) is 0. The zero-order valence-electron chi connectivity index (χ0n) is 10.2. The van der Waals surface area contributed by atoms with E-state index in [9.17, 15) is 10.1 Å². The third kappa shape index (κ3) is 2.69. The molecule has 2 aromatic rings. The second kappa shape index (κ2) is 5.18. The monoisotopic (exact) mass is 257 g/mol. The second-order valence-electron chi connectivity index (χ2n) is 3.97. The fourth-order valence-corrected chi connectivity index (χ4v) is 1.64. The van der Waals surface area contributed by atoms with Crippen LogP contribution in [0.1, 0.15) is 16.8 Å². The van der Waals surface area contributed by atoms with Gasteiger partial charge >= 0.3 is 0 Å². The van der Waals surface area contributed by atoms with Crippen LogP contribution in [0.2, 0.25) is 0 Å². The Bertz CT molecular complexity index is 656. The average molecular weight is 257 g/mol. The number of anilines is 1. The fraction of sp³-hybridized carbons (Fsp3) is 0.167. The number of nitrogens with one attached hydrogen (secondary N) is 2. The number of nitro groups is 1. The summed E-state index contributed by atoms with van der Waals surface area (Å²) in [6, 6.07) is 6.10. The Balaban J connectivity index is 2.19. The fourth-order valence-electron chi connectivity index (χ4n) is 1.64. The van der Waals surface area contributed by atoms with E-state index in [1.807, 2.05) is 13.0 Å². The summed E-state index contributed by atoms with van der Waals surface area (Å²) in [4.78, 5) is 10.1. The van der Waals surface area contributed by atoms with Crippen molar-refractivity contribution in [3.63, 3.8) is 0 Å². The number of H-pyrrole nitrogens is 1. The van der Waals surface area contributed by atoms with Crippen LogP contribution in [-0.2, 0) is 6.54 Å². The third-order valence-electron chi connectivity index (χ3n) is 2.74. The molecule has 2 N–H and O–H groups in total. The van der Waals surface area contributed by atoms with Gasteiger partial charge < -0.3 is 5.32 Å². The highest BCUT2D eigenvalue weighted by atomic mass is 16.6. The topological polar surface area (TPSA) is 108 Å². The number of aromatic amines is 1. The summed E-state index contributed by atoms with van der Waals surface area (Å²) in [6.07, 6.45) is 1.69. The number of aromatic nitrogens is 2. The van der Waals surface area contributed by atoms with E-state index in [-0.39, 0.29) is 11.3 Å². The van der Waals surface area contributed by atoms with Gasteiger partial charge in [-0.1, -0.05) is 0 Å². The Morgan fingerprint density at radius 1 is 1.58 bits per heavy atom. The molecule has 0 amide bonds. The molecule has 96 valence electrons. The number of nitriles is 1. The van der Waals surface area contributed by atoms with Crippen LogP contribution < -0.4 is 5.32 Å². The molecule has 19 heavy (non-hydrogen) atoms. The molecule has 7 heteroatoms. The number of aryl methyl sites for hydroxylation is 1. The Labute approximate surface area is 109 Å². The quantitative estimate of drug-likeness (QED) is 0.644. The number of non-ortho nitro benzene ring substituents is 1. The molecule has 0 spiro atoms. The molecule has 2 rings (SSSR count). The highest BCUT2D eigenvalue weighted by molar-refractivity contribution is 5.61. The molecule has 1 heterocycles. The van der Waals surface area contributed by atoms with Gasteiger partial charge in [-0.15, -0.1) is 0 Å². The van der Waals surface area contributed by atoms with Crippen LogP contribution in [0.5, 0.6) is 0 Å². The molecule has 0 atom stereocenters. The van der Waals surface area contributed by atoms with Crippen molar-refractivity contribution >= 4 is 11.4 Å². The molecule has 0 radical (unpaired) electrons. The van der Waals surface area contributed by atoms with Crippen molar-refractivity contribution in [1.82, 2.24) is 10.2 Å². The molecule has 0 saturated heterocycles. The molecule has 0 bridgehead atoms. The Hall–Kier alpha value is -2.88. The first-order valence-corrected chi connectivity index (χ1v) is 5.53. The highest BCUT2D eigenvalue weighted by Crippen LogP contribution is 2.22. The van der Waals surface area contributed by atoms with Gasteiger partial charge in [0.2, 0.25) is 0 Å². The zero-order valence-corrected chi connectivity index (χ0v) is 10.2. The molecule has 1 aromatic carbocycles. The first kappa shape index (κ1) is 12.6. The zero-order chi connectivity index (χ0) is 13.8. The van der Waals surface area contributed by atoms with E-state index < -0.39 is 4.92 Å². The lowest BCUT2D eigenvalue weighted by molar-refractivity contribution is -0.384. The molecule has 7 nitrogen and oxygen atoms in total. The molecule has 0 aliphatic carbocycles. The maximum atomic E-state index is 10.6. The molecule has 0 aliphatic heterocycles. The van der Waals surface area contributed by atoms with Gasteiger partial charge in [0.15, 0.2) is 0 Å². The Morgan fingerprint density at radius 2 is 2.37 bits per heavy atom. The van der Waals surface area contributed by atoms with Crippen molar-refractivity contribution in [2.24, 2.45) is 0 Å². The largest absolute Gasteiger partial charge is 0.380 e. The summed E-state index contributed by atoms with van der Waals surface area (Å²) in [5.41, 5.74) is 2.63. The first-order valence-electron chi connectivity index (χ1n) is 5.53. The van der Waals surface area contributed by atoms with E-state index in [2.05, 4.69) is 15.5 Å². The molecule has 0 unspecified atom stereocenters. The SMILES string of the molecule is Cc1[nH]ncc1CNc1ccc([N+](=O)[O-])cc1C#N. The standard InChI is InChI=1S/C12H11N5O2/c1-8-10(7-15-16-8)6-14-12-3-2-11(17(18)19)4-9(12)5-13/h2-4,7,14H,6H2,1H3,(H,15,16). The van der Waals surface area contributed by atoms with E-state index in [0.29, 0.717) is 12.2 Å². The average Bonchev–Trinajstić information content (AvgIpc) is 2.81. The Kier molecular flexibility index (Phi) is 3.43. The number of rotatable bonds is 4. The van der Waals surface area contributed by atoms with Crippen LogP contribution in [0.15, 0.2) is 24.4 Å². The van der Waals surface area contributed by atoms with Crippen molar-refractivity contribution < 1.29 is 4.92 Å². The molecule has 0 aliphatic rings. The Morgan fingerprint density at radius 3 is 2.95 bits per heavy atom. The minimum Gasteiger partial charge on any atom is -0.380 e. The van der Waals surface area contributed by atoms with Crippen molar-refractivity contribution in [2.75, 3.05) is 5.32 Å². The lowest BCUT2D eigenvalue weighted by Gasteiger charge is -2.07. The number of nitro benzene ring substituents is 1. The summed E-state index contributed by atoms with van der Waals surface area (Å²) in [5, 5.41) is 29.4.